The third-order valence-corrected chi connectivity index (χ3v) is 5.11. The monoisotopic (exact) mass is 406 g/mol. The summed E-state index contributed by atoms with van der Waals surface area (Å²) in [7, 11) is -3.63. The minimum atomic E-state index is -4.42. The molecular formula is C15H17F3N4O4S. The molecule has 2 rings (SSSR count). The SMILES string of the molecule is CS(=O)(=O)C(CCn1cc(COc2ccc(C(F)(F)F)cc2)nn1)C(N)=O. The van der Waals surface area contributed by atoms with Gasteiger partial charge >= 0.3 is 6.18 Å². The largest absolute Gasteiger partial charge is 0.487 e. The molecule has 1 aromatic heterocycles. The Balaban J connectivity index is 1.91. The van der Waals surface area contributed by atoms with E-state index in [1.807, 2.05) is 0 Å². The Morgan fingerprint density at radius 3 is 2.44 bits per heavy atom. The summed E-state index contributed by atoms with van der Waals surface area (Å²) in [6.07, 6.45) is -2.08. The normalized spacial score (nSPS) is 13.3. The van der Waals surface area contributed by atoms with Crippen LogP contribution < -0.4 is 10.5 Å². The van der Waals surface area contributed by atoms with Crippen molar-refractivity contribution in [3.63, 3.8) is 0 Å². The number of aryl methyl sites for hydroxylation is 1. The van der Waals surface area contributed by atoms with Gasteiger partial charge in [-0.3, -0.25) is 9.48 Å². The Labute approximate surface area is 153 Å². The highest BCUT2D eigenvalue weighted by Crippen LogP contribution is 2.30. The van der Waals surface area contributed by atoms with Crippen LogP contribution in [0.4, 0.5) is 13.2 Å². The van der Waals surface area contributed by atoms with Crippen LogP contribution in [0.3, 0.4) is 0 Å². The first-order valence-electron chi connectivity index (χ1n) is 7.64. The quantitative estimate of drug-likeness (QED) is 0.703. The van der Waals surface area contributed by atoms with Crippen LogP contribution in [0.15, 0.2) is 30.5 Å². The lowest BCUT2D eigenvalue weighted by Crippen LogP contribution is -2.36. The number of carbonyl (C=O) groups is 1. The van der Waals surface area contributed by atoms with Gasteiger partial charge in [-0.1, -0.05) is 5.21 Å². The maximum absolute atomic E-state index is 12.5. The molecule has 1 heterocycles. The fourth-order valence-corrected chi connectivity index (χ4v) is 3.18. The second kappa shape index (κ2) is 7.94. The molecule has 0 fully saturated rings. The van der Waals surface area contributed by atoms with Gasteiger partial charge in [-0.15, -0.1) is 5.10 Å². The molecule has 0 aliphatic rings. The molecule has 1 atom stereocenters. The highest BCUT2D eigenvalue weighted by molar-refractivity contribution is 7.92. The second-order valence-corrected chi connectivity index (χ2v) is 8.02. The number of sulfone groups is 1. The standard InChI is InChI=1S/C15H17F3N4O4S/c1-27(24,25)13(14(19)23)6-7-22-8-11(20-21-22)9-26-12-4-2-10(3-5-12)15(16,17)18/h2-5,8,13H,6-7,9H2,1H3,(H2,19,23). The molecule has 0 radical (unpaired) electrons. The summed E-state index contributed by atoms with van der Waals surface area (Å²) >= 11 is 0. The number of rotatable bonds is 8. The number of alkyl halides is 3. The van der Waals surface area contributed by atoms with Crippen LogP contribution in [-0.2, 0) is 34.0 Å². The fourth-order valence-electron chi connectivity index (χ4n) is 2.23. The van der Waals surface area contributed by atoms with E-state index < -0.39 is 32.7 Å². The number of ether oxygens (including phenoxy) is 1. The van der Waals surface area contributed by atoms with Gasteiger partial charge in [-0.2, -0.15) is 13.2 Å². The Morgan fingerprint density at radius 1 is 1.30 bits per heavy atom. The van der Waals surface area contributed by atoms with E-state index in [0.29, 0.717) is 5.69 Å². The van der Waals surface area contributed by atoms with E-state index >= 15 is 0 Å². The highest BCUT2D eigenvalue weighted by Gasteiger charge is 2.30. The zero-order valence-corrected chi connectivity index (χ0v) is 15.0. The first-order valence-corrected chi connectivity index (χ1v) is 9.59. The van der Waals surface area contributed by atoms with E-state index in [4.69, 9.17) is 10.5 Å². The van der Waals surface area contributed by atoms with Crippen molar-refractivity contribution in [1.29, 1.82) is 0 Å². The molecule has 0 bridgehead atoms. The van der Waals surface area contributed by atoms with Gasteiger partial charge in [0, 0.05) is 12.8 Å². The predicted octanol–water partition coefficient (Wildman–Crippen LogP) is 1.16. The lowest BCUT2D eigenvalue weighted by atomic mass is 10.2. The minimum absolute atomic E-state index is 0.0450. The molecule has 0 saturated carbocycles. The maximum atomic E-state index is 12.5. The summed E-state index contributed by atoms with van der Waals surface area (Å²) in [5.74, 6) is -0.716. The Kier molecular flexibility index (Phi) is 6.08. The zero-order valence-electron chi connectivity index (χ0n) is 14.2. The van der Waals surface area contributed by atoms with Crippen LogP contribution in [0.5, 0.6) is 5.75 Å². The van der Waals surface area contributed by atoms with E-state index in [0.717, 1.165) is 18.4 Å². The average molecular weight is 406 g/mol. The van der Waals surface area contributed by atoms with Gasteiger partial charge < -0.3 is 10.5 Å². The van der Waals surface area contributed by atoms with Crippen molar-refractivity contribution in [3.8, 4) is 5.75 Å². The number of amides is 1. The number of hydrogen-bond donors (Lipinski definition) is 1. The third-order valence-electron chi connectivity index (χ3n) is 3.61. The number of hydrogen-bond acceptors (Lipinski definition) is 6. The van der Waals surface area contributed by atoms with Crippen LogP contribution in [0, 0.1) is 0 Å². The summed E-state index contributed by atoms with van der Waals surface area (Å²) in [5, 5.41) is 6.27. The predicted molar refractivity (Wildman–Crippen MR) is 88.2 cm³/mol. The number of benzene rings is 1. The zero-order chi connectivity index (χ0) is 20.2. The van der Waals surface area contributed by atoms with Gasteiger partial charge in [-0.25, -0.2) is 8.42 Å². The van der Waals surface area contributed by atoms with Gasteiger partial charge in [0.2, 0.25) is 5.91 Å². The van der Waals surface area contributed by atoms with Crippen LogP contribution in [0.2, 0.25) is 0 Å². The smallest absolute Gasteiger partial charge is 0.416 e. The molecule has 1 amide bonds. The summed E-state index contributed by atoms with van der Waals surface area (Å²) in [6, 6.07) is 4.19. The molecule has 0 aliphatic carbocycles. The minimum Gasteiger partial charge on any atom is -0.487 e. The Hall–Kier alpha value is -2.63. The van der Waals surface area contributed by atoms with Crippen LogP contribution in [0.25, 0.3) is 0 Å². The molecule has 2 N–H and O–H groups in total. The van der Waals surface area contributed by atoms with Gasteiger partial charge in [0.05, 0.1) is 11.8 Å². The van der Waals surface area contributed by atoms with Crippen molar-refractivity contribution in [2.75, 3.05) is 6.26 Å². The van der Waals surface area contributed by atoms with Crippen LogP contribution >= 0.6 is 0 Å². The van der Waals surface area contributed by atoms with Gasteiger partial charge in [-0.05, 0) is 30.7 Å². The first-order chi connectivity index (χ1) is 12.5. The average Bonchev–Trinajstić information content (AvgIpc) is 2.99. The van der Waals surface area contributed by atoms with E-state index in [-0.39, 0.29) is 25.3 Å². The fraction of sp³-hybridized carbons (Fsp3) is 0.400. The Morgan fingerprint density at radius 2 is 1.93 bits per heavy atom. The Bertz CT molecular complexity index is 895. The number of aromatic nitrogens is 3. The van der Waals surface area contributed by atoms with Crippen molar-refractivity contribution in [1.82, 2.24) is 15.0 Å². The van der Waals surface area contributed by atoms with E-state index in [9.17, 15) is 26.4 Å². The summed E-state index contributed by atoms with van der Waals surface area (Å²) in [5.41, 5.74) is 4.69. The molecule has 0 spiro atoms. The van der Waals surface area contributed by atoms with E-state index in [1.54, 1.807) is 0 Å². The maximum Gasteiger partial charge on any atom is 0.416 e. The van der Waals surface area contributed by atoms with Crippen molar-refractivity contribution < 1.29 is 31.1 Å². The molecule has 1 aromatic carbocycles. The first kappa shape index (κ1) is 20.7. The van der Waals surface area contributed by atoms with Crippen LogP contribution in [0.1, 0.15) is 17.7 Å². The van der Waals surface area contributed by atoms with Gasteiger partial charge in [0.15, 0.2) is 9.84 Å². The molecule has 2 aromatic rings. The molecule has 8 nitrogen and oxygen atoms in total. The van der Waals surface area contributed by atoms with Gasteiger partial charge in [0.25, 0.3) is 0 Å². The number of nitrogens with zero attached hydrogens (tertiary/aromatic N) is 3. The van der Waals surface area contributed by atoms with E-state index in [1.165, 1.54) is 23.0 Å². The van der Waals surface area contributed by atoms with Crippen molar-refractivity contribution in [2.45, 2.75) is 31.0 Å². The second-order valence-electron chi connectivity index (χ2n) is 5.79. The van der Waals surface area contributed by atoms with Crippen LogP contribution in [-0.4, -0.2) is 40.8 Å². The van der Waals surface area contributed by atoms with Gasteiger partial charge in [0.1, 0.15) is 23.3 Å². The summed E-state index contributed by atoms with van der Waals surface area (Å²) in [6.45, 7) is 0.0463. The molecule has 148 valence electrons. The lowest BCUT2D eigenvalue weighted by molar-refractivity contribution is -0.137. The third kappa shape index (κ3) is 5.94. The number of nitrogens with two attached hydrogens (primary N) is 1. The lowest BCUT2D eigenvalue weighted by Gasteiger charge is -2.10. The number of carbonyl (C=O) groups excluding carboxylic acids is 1. The van der Waals surface area contributed by atoms with E-state index in [2.05, 4.69) is 10.3 Å². The number of primary amides is 1. The molecule has 1 unspecified atom stereocenters. The summed E-state index contributed by atoms with van der Waals surface area (Å²) < 4.78 is 67.2. The number of halogens is 3. The molecule has 27 heavy (non-hydrogen) atoms. The molecular weight excluding hydrogens is 389 g/mol. The van der Waals surface area contributed by atoms with Crippen molar-refractivity contribution in [3.05, 3.63) is 41.7 Å². The van der Waals surface area contributed by atoms with Crippen molar-refractivity contribution >= 4 is 15.7 Å². The molecule has 12 heteroatoms. The topological polar surface area (TPSA) is 117 Å². The highest BCUT2D eigenvalue weighted by atomic mass is 32.2. The summed E-state index contributed by atoms with van der Waals surface area (Å²) in [4.78, 5) is 11.2. The molecule has 0 saturated heterocycles. The molecule has 0 aliphatic heterocycles. The van der Waals surface area contributed by atoms with Crippen molar-refractivity contribution in [2.24, 2.45) is 5.73 Å².